The zero-order valence-electron chi connectivity index (χ0n) is 20.6. The van der Waals surface area contributed by atoms with Crippen LogP contribution in [0.2, 0.25) is 0 Å². The third-order valence-corrected chi connectivity index (χ3v) is 5.51. The molecule has 36 heavy (non-hydrogen) atoms. The van der Waals surface area contributed by atoms with Crippen molar-refractivity contribution in [3.05, 3.63) is 127 Å². The quantitative estimate of drug-likeness (QED) is 0.180. The summed E-state index contributed by atoms with van der Waals surface area (Å²) in [6.07, 6.45) is 10.0. The fraction of sp³-hybridized carbons (Fsp3) is 0.0909. The molecule has 3 heteroatoms. The molecule has 0 heterocycles. The summed E-state index contributed by atoms with van der Waals surface area (Å²) in [5, 5.41) is 5.29. The number of allylic oxidation sites excluding steroid dienone is 4. The van der Waals surface area contributed by atoms with E-state index in [1.54, 1.807) is 24.2 Å². The molecule has 0 atom stereocenters. The maximum atomic E-state index is 2.99. The van der Waals surface area contributed by atoms with Crippen LogP contribution in [0.25, 0.3) is 43.8 Å². The largest absolute Gasteiger partial charge is 0.273 e. The molecule has 5 aromatic carbocycles. The Morgan fingerprint density at radius 3 is 1.86 bits per heavy atom. The Kier molecular flexibility index (Phi) is 12.4. The van der Waals surface area contributed by atoms with E-state index < -0.39 is 0 Å². The van der Waals surface area contributed by atoms with Gasteiger partial charge in [0.25, 0.3) is 0 Å². The van der Waals surface area contributed by atoms with Crippen molar-refractivity contribution in [3.63, 3.8) is 0 Å². The van der Waals surface area contributed by atoms with Crippen LogP contribution in [0.4, 0.5) is 0 Å². The normalized spacial score (nSPS) is 11.0. The zero-order valence-corrected chi connectivity index (χ0v) is 24.7. The molecule has 5 aromatic rings. The van der Waals surface area contributed by atoms with Crippen molar-refractivity contribution in [1.29, 1.82) is 0 Å². The summed E-state index contributed by atoms with van der Waals surface area (Å²) in [4.78, 5) is 0. The van der Waals surface area contributed by atoms with E-state index in [2.05, 4.69) is 129 Å². The van der Waals surface area contributed by atoms with Gasteiger partial charge < -0.3 is 0 Å². The number of fused-ring (bicyclic) bond motifs is 3. The Bertz CT molecular complexity index is 1430. The predicted octanol–water partition coefficient (Wildman–Crippen LogP) is 9.94. The van der Waals surface area contributed by atoms with E-state index >= 15 is 0 Å². The minimum Gasteiger partial charge on any atom is -0.273 e. The molecular formula is C33H30Cl2Zr. The van der Waals surface area contributed by atoms with Gasteiger partial charge in [-0.05, 0) is 11.1 Å². The molecule has 0 fully saturated rings. The SMILES string of the molecule is C[C](C)=[Zr+2].Cl.Cl.[C-]1=CC=CC1.c1ccc(-c2cc(-c3ccccc3)c3[cH-]c4ccccc4c3c2)cc1. The first-order valence-electron chi connectivity index (χ1n) is 11.6. The third kappa shape index (κ3) is 7.78. The third-order valence-electron chi connectivity index (χ3n) is 5.51. The van der Waals surface area contributed by atoms with E-state index in [1.165, 1.54) is 47.0 Å². The van der Waals surface area contributed by atoms with Crippen molar-refractivity contribution >= 4 is 49.6 Å². The van der Waals surface area contributed by atoms with Crippen LogP contribution in [0.15, 0.2) is 121 Å². The number of benzene rings is 4. The Labute approximate surface area is 242 Å². The number of hydrogen-bond acceptors (Lipinski definition) is 0. The molecule has 1 aliphatic carbocycles. The van der Waals surface area contributed by atoms with E-state index in [0.29, 0.717) is 0 Å². The molecule has 0 unspecified atom stereocenters. The van der Waals surface area contributed by atoms with Crippen LogP contribution in [0.3, 0.4) is 0 Å². The average molecular weight is 589 g/mol. The summed E-state index contributed by atoms with van der Waals surface area (Å²) in [6, 6.07) is 37.0. The summed E-state index contributed by atoms with van der Waals surface area (Å²) in [5.74, 6) is 0. The minimum atomic E-state index is 0. The van der Waals surface area contributed by atoms with Gasteiger partial charge in [0.1, 0.15) is 0 Å². The number of halogens is 2. The minimum absolute atomic E-state index is 0. The van der Waals surface area contributed by atoms with Crippen molar-refractivity contribution in [2.45, 2.75) is 20.3 Å². The van der Waals surface area contributed by atoms with Gasteiger partial charge in [-0.2, -0.15) is 6.08 Å². The summed E-state index contributed by atoms with van der Waals surface area (Å²) >= 11 is 1.55. The first kappa shape index (κ1) is 29.8. The molecule has 0 bridgehead atoms. The van der Waals surface area contributed by atoms with Gasteiger partial charge >= 0.3 is 41.3 Å². The van der Waals surface area contributed by atoms with Gasteiger partial charge in [0.15, 0.2) is 0 Å². The molecule has 0 saturated heterocycles. The second-order valence-electron chi connectivity index (χ2n) is 8.45. The Balaban J connectivity index is 0.000000357. The molecule has 0 N–H and O–H groups in total. The summed E-state index contributed by atoms with van der Waals surface area (Å²) in [6.45, 7) is 4.25. The van der Waals surface area contributed by atoms with E-state index in [4.69, 9.17) is 0 Å². The molecule has 0 saturated carbocycles. The average Bonchev–Trinajstić information content (AvgIpc) is 3.56. The van der Waals surface area contributed by atoms with Crippen LogP contribution in [0.5, 0.6) is 0 Å². The molecule has 0 radical (unpaired) electrons. The van der Waals surface area contributed by atoms with Gasteiger partial charge in [-0.3, -0.25) is 6.08 Å². The standard InChI is InChI=1S/C25H17.C5H5.C3H6.2ClH.Zr/c1-3-9-18(10-4-1)21-16-23(19-11-5-2-6-12-19)25-15-20-13-7-8-14-22(20)24(25)17-21;1-2-4-5-3-1;1-3-2;;;/h1-17H;1-3H,4H2;1-2H3;2*1H;/q2*-1;;;;+2. The topological polar surface area (TPSA) is 0 Å². The van der Waals surface area contributed by atoms with E-state index in [9.17, 15) is 0 Å². The fourth-order valence-corrected chi connectivity index (χ4v) is 4.05. The van der Waals surface area contributed by atoms with Crippen LogP contribution in [0, 0.1) is 6.08 Å². The van der Waals surface area contributed by atoms with Gasteiger partial charge in [-0.15, -0.1) is 64.9 Å². The van der Waals surface area contributed by atoms with Crippen LogP contribution in [-0.2, 0) is 24.2 Å². The van der Waals surface area contributed by atoms with Crippen molar-refractivity contribution in [1.82, 2.24) is 0 Å². The molecule has 0 aliphatic heterocycles. The van der Waals surface area contributed by atoms with Crippen LogP contribution >= 0.6 is 24.8 Å². The summed E-state index contributed by atoms with van der Waals surface area (Å²) in [7, 11) is 0. The summed E-state index contributed by atoms with van der Waals surface area (Å²) in [5.41, 5.74) is 5.09. The van der Waals surface area contributed by atoms with Crippen LogP contribution < -0.4 is 0 Å². The van der Waals surface area contributed by atoms with Crippen molar-refractivity contribution in [2.75, 3.05) is 0 Å². The van der Waals surface area contributed by atoms with Gasteiger partial charge in [-0.25, -0.2) is 12.2 Å². The van der Waals surface area contributed by atoms with Gasteiger partial charge in [0, 0.05) is 0 Å². The molecule has 0 amide bonds. The van der Waals surface area contributed by atoms with Gasteiger partial charge in [0.2, 0.25) is 0 Å². The Morgan fingerprint density at radius 1 is 0.722 bits per heavy atom. The maximum Gasteiger partial charge on any atom is -0.0197 e. The van der Waals surface area contributed by atoms with E-state index in [-0.39, 0.29) is 24.8 Å². The first-order valence-corrected chi connectivity index (χ1v) is 12.8. The maximum absolute atomic E-state index is 2.99. The van der Waals surface area contributed by atoms with Crippen molar-refractivity contribution < 1.29 is 24.2 Å². The predicted molar refractivity (Wildman–Crippen MR) is 160 cm³/mol. The van der Waals surface area contributed by atoms with Crippen molar-refractivity contribution in [2.24, 2.45) is 0 Å². The second-order valence-corrected chi connectivity index (χ2v) is 10.9. The second kappa shape index (κ2) is 15.0. The molecular weight excluding hydrogens is 558 g/mol. The summed E-state index contributed by atoms with van der Waals surface area (Å²) < 4.78 is 1.51. The van der Waals surface area contributed by atoms with Crippen LogP contribution in [-0.4, -0.2) is 3.21 Å². The van der Waals surface area contributed by atoms with Crippen molar-refractivity contribution in [3.8, 4) is 22.3 Å². The Morgan fingerprint density at radius 2 is 1.31 bits per heavy atom. The van der Waals surface area contributed by atoms with Gasteiger partial charge in [-0.1, -0.05) is 102 Å². The molecule has 180 valence electrons. The van der Waals surface area contributed by atoms with E-state index in [0.717, 1.165) is 6.42 Å². The fourth-order valence-electron chi connectivity index (χ4n) is 4.05. The van der Waals surface area contributed by atoms with Crippen LogP contribution in [0.1, 0.15) is 20.3 Å². The Hall–Kier alpha value is -2.44. The molecule has 0 spiro atoms. The first-order chi connectivity index (χ1) is 16.6. The molecule has 0 aromatic heterocycles. The number of hydrogen-bond donors (Lipinski definition) is 0. The van der Waals surface area contributed by atoms with Gasteiger partial charge in [0.05, 0.1) is 0 Å². The molecule has 1 aliphatic rings. The van der Waals surface area contributed by atoms with E-state index in [1.807, 2.05) is 12.2 Å². The smallest absolute Gasteiger partial charge is 0.0197 e. The molecule has 0 nitrogen and oxygen atoms in total. The number of rotatable bonds is 2. The molecule has 6 rings (SSSR count). The zero-order chi connectivity index (χ0) is 23.8. The monoisotopic (exact) mass is 586 g/mol.